The van der Waals surface area contributed by atoms with Crippen molar-refractivity contribution in [1.29, 1.82) is 0 Å². The van der Waals surface area contributed by atoms with Gasteiger partial charge in [-0.25, -0.2) is 13.4 Å². The van der Waals surface area contributed by atoms with Crippen molar-refractivity contribution in [2.24, 2.45) is 0 Å². The molecular formula is C12H13N3O4S. The van der Waals surface area contributed by atoms with Gasteiger partial charge in [0.15, 0.2) is 20.7 Å². The van der Waals surface area contributed by atoms with Gasteiger partial charge in [-0.3, -0.25) is 4.79 Å². The molecule has 0 fully saturated rings. The molecule has 1 N–H and O–H groups in total. The monoisotopic (exact) mass is 295 g/mol. The molecule has 2 rings (SSSR count). The number of pyridine rings is 1. The number of sulfone groups is 1. The van der Waals surface area contributed by atoms with E-state index in [4.69, 9.17) is 4.52 Å². The van der Waals surface area contributed by atoms with E-state index in [0.29, 0.717) is 5.76 Å². The summed E-state index contributed by atoms with van der Waals surface area (Å²) in [5.74, 6) is 0.0640. The minimum Gasteiger partial charge on any atom is -0.360 e. The molecule has 0 aromatic carbocycles. The molecule has 0 aliphatic heterocycles. The van der Waals surface area contributed by atoms with Crippen LogP contribution in [0.1, 0.15) is 12.2 Å². The number of rotatable bonds is 5. The highest BCUT2D eigenvalue weighted by Gasteiger charge is 2.17. The van der Waals surface area contributed by atoms with E-state index >= 15 is 0 Å². The fraction of sp³-hybridized carbons (Fsp3) is 0.250. The Morgan fingerprint density at radius 3 is 2.80 bits per heavy atom. The quantitative estimate of drug-likeness (QED) is 0.888. The van der Waals surface area contributed by atoms with Crippen LogP contribution in [0.3, 0.4) is 0 Å². The van der Waals surface area contributed by atoms with Gasteiger partial charge in [-0.2, -0.15) is 0 Å². The molecule has 0 spiro atoms. The fourth-order valence-electron chi connectivity index (χ4n) is 1.49. The van der Waals surface area contributed by atoms with Crippen molar-refractivity contribution in [3.63, 3.8) is 0 Å². The van der Waals surface area contributed by atoms with E-state index in [1.54, 1.807) is 25.1 Å². The van der Waals surface area contributed by atoms with Crippen molar-refractivity contribution in [3.8, 4) is 0 Å². The van der Waals surface area contributed by atoms with Crippen LogP contribution in [0.2, 0.25) is 0 Å². The first kappa shape index (κ1) is 14.2. The van der Waals surface area contributed by atoms with Gasteiger partial charge in [-0.15, -0.1) is 0 Å². The highest BCUT2D eigenvalue weighted by atomic mass is 32.2. The van der Waals surface area contributed by atoms with E-state index in [0.717, 1.165) is 0 Å². The van der Waals surface area contributed by atoms with Crippen molar-refractivity contribution in [3.05, 3.63) is 36.2 Å². The maximum absolute atomic E-state index is 11.9. The number of aryl methyl sites for hydroxylation is 1. The van der Waals surface area contributed by atoms with Gasteiger partial charge in [0.1, 0.15) is 5.76 Å². The van der Waals surface area contributed by atoms with Crippen molar-refractivity contribution in [1.82, 2.24) is 10.1 Å². The Balaban J connectivity index is 1.93. The maximum Gasteiger partial charge on any atom is 0.226 e. The number of aromatic nitrogens is 2. The molecule has 0 radical (unpaired) electrons. The lowest BCUT2D eigenvalue weighted by Gasteiger charge is -2.03. The molecule has 0 unspecified atom stereocenters. The third-order valence-electron chi connectivity index (χ3n) is 2.45. The van der Waals surface area contributed by atoms with Crippen LogP contribution in [0.5, 0.6) is 0 Å². The Labute approximate surface area is 115 Å². The molecule has 0 bridgehead atoms. The summed E-state index contributed by atoms with van der Waals surface area (Å²) in [4.78, 5) is 15.4. The van der Waals surface area contributed by atoms with Crippen molar-refractivity contribution >= 4 is 21.6 Å². The normalized spacial score (nSPS) is 11.2. The fourth-order valence-corrected chi connectivity index (χ4v) is 2.66. The summed E-state index contributed by atoms with van der Waals surface area (Å²) in [5, 5.41) is 6.01. The molecule has 1 amide bonds. The second-order valence-corrected chi connectivity index (χ2v) is 6.16. The Kier molecular flexibility index (Phi) is 4.14. The first-order valence-corrected chi connectivity index (χ1v) is 7.49. The molecule has 0 saturated heterocycles. The zero-order chi connectivity index (χ0) is 14.6. The zero-order valence-electron chi connectivity index (χ0n) is 10.7. The predicted octanol–water partition coefficient (Wildman–Crippen LogP) is 1.18. The van der Waals surface area contributed by atoms with Gasteiger partial charge < -0.3 is 9.84 Å². The molecular weight excluding hydrogens is 282 g/mol. The maximum atomic E-state index is 11.9. The van der Waals surface area contributed by atoms with Gasteiger partial charge in [0, 0.05) is 18.7 Å². The average molecular weight is 295 g/mol. The molecule has 0 aliphatic carbocycles. The SMILES string of the molecule is Cc1cc(NC(=O)CCS(=O)(=O)c2ccccn2)no1. The Morgan fingerprint density at radius 2 is 2.20 bits per heavy atom. The molecule has 0 aliphatic rings. The third kappa shape index (κ3) is 3.64. The van der Waals surface area contributed by atoms with Gasteiger partial charge >= 0.3 is 0 Å². The molecule has 7 nitrogen and oxygen atoms in total. The van der Waals surface area contributed by atoms with Crippen LogP contribution in [-0.2, 0) is 14.6 Å². The van der Waals surface area contributed by atoms with Gasteiger partial charge in [-0.1, -0.05) is 11.2 Å². The van der Waals surface area contributed by atoms with Crippen LogP contribution in [0.25, 0.3) is 0 Å². The lowest BCUT2D eigenvalue weighted by Crippen LogP contribution is -2.18. The molecule has 106 valence electrons. The highest BCUT2D eigenvalue weighted by molar-refractivity contribution is 7.91. The summed E-state index contributed by atoms with van der Waals surface area (Å²) in [5.41, 5.74) is 0. The van der Waals surface area contributed by atoms with Crippen molar-refractivity contribution in [2.45, 2.75) is 18.4 Å². The number of anilines is 1. The Morgan fingerprint density at radius 1 is 1.40 bits per heavy atom. The summed E-state index contributed by atoms with van der Waals surface area (Å²) >= 11 is 0. The molecule has 0 saturated carbocycles. The zero-order valence-corrected chi connectivity index (χ0v) is 11.6. The minimum absolute atomic E-state index is 0.0370. The summed E-state index contributed by atoms with van der Waals surface area (Å²) < 4.78 is 28.6. The average Bonchev–Trinajstić information content (AvgIpc) is 2.83. The van der Waals surface area contributed by atoms with Gasteiger partial charge in [-0.05, 0) is 19.1 Å². The summed E-state index contributed by atoms with van der Waals surface area (Å²) in [6.45, 7) is 1.69. The second-order valence-electron chi connectivity index (χ2n) is 4.11. The molecule has 2 heterocycles. The number of nitrogens with one attached hydrogen (secondary N) is 1. The van der Waals surface area contributed by atoms with Crippen LogP contribution in [0, 0.1) is 6.92 Å². The van der Waals surface area contributed by atoms with Crippen molar-refractivity contribution < 1.29 is 17.7 Å². The van der Waals surface area contributed by atoms with Crippen LogP contribution < -0.4 is 5.32 Å². The van der Waals surface area contributed by atoms with Gasteiger partial charge in [0.25, 0.3) is 0 Å². The van der Waals surface area contributed by atoms with Crippen LogP contribution in [0.4, 0.5) is 5.82 Å². The van der Waals surface area contributed by atoms with E-state index in [2.05, 4.69) is 15.5 Å². The predicted molar refractivity (Wildman–Crippen MR) is 70.8 cm³/mol. The van der Waals surface area contributed by atoms with Gasteiger partial charge in [0.2, 0.25) is 5.91 Å². The van der Waals surface area contributed by atoms with Gasteiger partial charge in [0.05, 0.1) is 5.75 Å². The van der Waals surface area contributed by atoms with E-state index in [1.165, 1.54) is 12.3 Å². The molecule has 0 atom stereocenters. The smallest absolute Gasteiger partial charge is 0.226 e. The highest BCUT2D eigenvalue weighted by Crippen LogP contribution is 2.10. The van der Waals surface area contributed by atoms with E-state index in [9.17, 15) is 13.2 Å². The number of hydrogen-bond donors (Lipinski definition) is 1. The summed E-state index contributed by atoms with van der Waals surface area (Å²) in [6, 6.07) is 6.15. The summed E-state index contributed by atoms with van der Waals surface area (Å²) in [6.07, 6.45) is 1.22. The van der Waals surface area contributed by atoms with Crippen LogP contribution in [-0.4, -0.2) is 30.2 Å². The van der Waals surface area contributed by atoms with E-state index in [1.807, 2.05) is 0 Å². The topological polar surface area (TPSA) is 102 Å². The Hall–Kier alpha value is -2.22. The van der Waals surface area contributed by atoms with Crippen LogP contribution >= 0.6 is 0 Å². The van der Waals surface area contributed by atoms with Crippen molar-refractivity contribution in [2.75, 3.05) is 11.1 Å². The molecule has 2 aromatic rings. The molecule has 2 aromatic heterocycles. The van der Waals surface area contributed by atoms with E-state index in [-0.39, 0.29) is 23.0 Å². The number of amides is 1. The second kappa shape index (κ2) is 5.83. The number of carbonyl (C=O) groups is 1. The van der Waals surface area contributed by atoms with Crippen LogP contribution in [0.15, 0.2) is 40.0 Å². The van der Waals surface area contributed by atoms with E-state index < -0.39 is 15.7 Å². The minimum atomic E-state index is -3.56. The first-order valence-electron chi connectivity index (χ1n) is 5.84. The number of hydrogen-bond acceptors (Lipinski definition) is 6. The third-order valence-corrected chi connectivity index (χ3v) is 4.07. The standard InChI is InChI=1S/C12H13N3O4S/c1-9-8-10(15-19-9)14-11(16)5-7-20(17,18)12-4-2-3-6-13-12/h2-4,6,8H,5,7H2,1H3,(H,14,15,16). The molecule has 20 heavy (non-hydrogen) atoms. The Bertz CT molecular complexity index is 695. The first-order chi connectivity index (χ1) is 9.47. The number of nitrogens with zero attached hydrogens (tertiary/aromatic N) is 2. The molecule has 8 heteroatoms. The largest absolute Gasteiger partial charge is 0.360 e. The lowest BCUT2D eigenvalue weighted by atomic mass is 10.4. The summed E-state index contributed by atoms with van der Waals surface area (Å²) in [7, 11) is -3.56. The lowest BCUT2D eigenvalue weighted by molar-refractivity contribution is -0.115. The number of carbonyl (C=O) groups excluding carboxylic acids is 1.